The molecule has 0 aromatic rings. The van der Waals surface area contributed by atoms with Crippen molar-refractivity contribution in [1.29, 1.82) is 0 Å². The molecule has 1 aliphatic heterocycles. The van der Waals surface area contributed by atoms with Gasteiger partial charge < -0.3 is 4.74 Å². The maximum absolute atomic E-state index is 6.21. The first-order chi connectivity index (χ1) is 9.77. The molecule has 1 saturated heterocycles. The highest BCUT2D eigenvalue weighted by atomic mass is 16.6. The van der Waals surface area contributed by atoms with Crippen LogP contribution in [0, 0.1) is 22.7 Å². The zero-order valence-electron chi connectivity index (χ0n) is 14.6. The standard InChI is InChI=1S/C20H32O/c1-13-6-7-14-12-16-19(4,10-8-15(13)18(14,2)3)11-9-17-20(16,5)21-17/h14,16-17H,6-12H2,1-5H3/t14-,16-,17-,19+,20+/m0/s1. The summed E-state index contributed by atoms with van der Waals surface area (Å²) in [5, 5.41) is 0. The minimum absolute atomic E-state index is 0.219. The van der Waals surface area contributed by atoms with Crippen molar-refractivity contribution in [1.82, 2.24) is 0 Å². The molecule has 0 aromatic carbocycles. The first kappa shape index (κ1) is 14.3. The average molecular weight is 288 g/mol. The summed E-state index contributed by atoms with van der Waals surface area (Å²) in [4.78, 5) is 0. The lowest BCUT2D eigenvalue weighted by Crippen LogP contribution is -2.47. The minimum Gasteiger partial charge on any atom is -0.366 e. The van der Waals surface area contributed by atoms with E-state index in [2.05, 4.69) is 34.6 Å². The van der Waals surface area contributed by atoms with Gasteiger partial charge in [-0.1, -0.05) is 31.9 Å². The fourth-order valence-electron chi connectivity index (χ4n) is 6.41. The van der Waals surface area contributed by atoms with E-state index < -0.39 is 0 Å². The second-order valence-electron chi connectivity index (χ2n) is 9.49. The largest absolute Gasteiger partial charge is 0.366 e. The highest BCUT2D eigenvalue weighted by Crippen LogP contribution is 2.65. The smallest absolute Gasteiger partial charge is 0.0953 e. The molecule has 0 N–H and O–H groups in total. The van der Waals surface area contributed by atoms with Crippen molar-refractivity contribution in [3.05, 3.63) is 11.1 Å². The van der Waals surface area contributed by atoms with Crippen LogP contribution in [-0.4, -0.2) is 11.7 Å². The number of hydrogen-bond acceptors (Lipinski definition) is 1. The van der Waals surface area contributed by atoms with Crippen LogP contribution in [0.1, 0.15) is 79.6 Å². The summed E-state index contributed by atoms with van der Waals surface area (Å²) in [5.74, 6) is 1.65. The average Bonchev–Trinajstić information content (AvgIpc) is 3.06. The monoisotopic (exact) mass is 288 g/mol. The van der Waals surface area contributed by atoms with Gasteiger partial charge in [0.1, 0.15) is 0 Å². The Hall–Kier alpha value is -0.300. The number of hydrogen-bond donors (Lipinski definition) is 0. The Morgan fingerprint density at radius 3 is 2.52 bits per heavy atom. The van der Waals surface area contributed by atoms with E-state index in [1.807, 2.05) is 5.57 Å². The number of rotatable bonds is 0. The molecule has 3 aliphatic carbocycles. The molecule has 1 nitrogen and oxygen atoms in total. The third kappa shape index (κ3) is 1.85. The molecule has 0 spiro atoms. The van der Waals surface area contributed by atoms with Crippen LogP contribution >= 0.6 is 0 Å². The lowest BCUT2D eigenvalue weighted by Gasteiger charge is -2.52. The van der Waals surface area contributed by atoms with E-state index in [9.17, 15) is 0 Å². The summed E-state index contributed by atoms with van der Waals surface area (Å²) in [6.45, 7) is 12.4. The van der Waals surface area contributed by atoms with E-state index in [0.717, 1.165) is 11.8 Å². The number of epoxide rings is 1. The van der Waals surface area contributed by atoms with Crippen LogP contribution in [0.25, 0.3) is 0 Å². The van der Waals surface area contributed by atoms with Gasteiger partial charge >= 0.3 is 0 Å². The zero-order chi connectivity index (χ0) is 15.0. The summed E-state index contributed by atoms with van der Waals surface area (Å²) >= 11 is 0. The molecule has 21 heavy (non-hydrogen) atoms. The van der Waals surface area contributed by atoms with Crippen LogP contribution in [0.2, 0.25) is 0 Å². The van der Waals surface area contributed by atoms with Gasteiger partial charge in [-0.15, -0.1) is 0 Å². The van der Waals surface area contributed by atoms with Crippen molar-refractivity contribution in [3.63, 3.8) is 0 Å². The summed E-state index contributed by atoms with van der Waals surface area (Å²) in [7, 11) is 0. The quantitative estimate of drug-likeness (QED) is 0.424. The van der Waals surface area contributed by atoms with Crippen molar-refractivity contribution in [2.75, 3.05) is 0 Å². The fourth-order valence-corrected chi connectivity index (χ4v) is 6.41. The molecular formula is C20H32O. The van der Waals surface area contributed by atoms with Crippen LogP contribution in [-0.2, 0) is 4.74 Å². The van der Waals surface area contributed by atoms with Gasteiger partial charge in [-0.25, -0.2) is 0 Å². The van der Waals surface area contributed by atoms with E-state index in [4.69, 9.17) is 4.74 Å². The second kappa shape index (κ2) is 4.16. The number of ether oxygens (including phenoxy) is 1. The van der Waals surface area contributed by atoms with Crippen molar-refractivity contribution >= 4 is 0 Å². The Morgan fingerprint density at radius 2 is 1.76 bits per heavy atom. The van der Waals surface area contributed by atoms with Crippen LogP contribution in [0.5, 0.6) is 0 Å². The molecule has 5 atom stereocenters. The molecule has 1 heteroatoms. The molecule has 2 bridgehead atoms. The molecule has 4 aliphatic rings. The lowest BCUT2D eigenvalue weighted by atomic mass is 9.51. The Morgan fingerprint density at radius 1 is 1.00 bits per heavy atom. The number of fused-ring (bicyclic) bond motifs is 5. The highest BCUT2D eigenvalue weighted by molar-refractivity contribution is 5.27. The SMILES string of the molecule is CC1=C2CC[C@]3(C)CC[C@@H]4O[C@]4(C)[C@H]3C[C@H](CC1)C2(C)C. The lowest BCUT2D eigenvalue weighted by molar-refractivity contribution is 0.0135. The van der Waals surface area contributed by atoms with Gasteiger partial charge in [0.15, 0.2) is 0 Å². The van der Waals surface area contributed by atoms with Crippen molar-refractivity contribution in [3.8, 4) is 0 Å². The molecule has 0 radical (unpaired) electrons. The predicted octanol–water partition coefficient (Wildman–Crippen LogP) is 5.50. The van der Waals surface area contributed by atoms with Crippen LogP contribution in [0.4, 0.5) is 0 Å². The summed E-state index contributed by atoms with van der Waals surface area (Å²) < 4.78 is 6.21. The van der Waals surface area contributed by atoms with E-state index in [1.54, 1.807) is 5.57 Å². The molecule has 3 fully saturated rings. The van der Waals surface area contributed by atoms with Gasteiger partial charge in [-0.3, -0.25) is 0 Å². The topological polar surface area (TPSA) is 12.5 Å². The maximum Gasteiger partial charge on any atom is 0.0953 e. The second-order valence-corrected chi connectivity index (χ2v) is 9.49. The van der Waals surface area contributed by atoms with Gasteiger partial charge in [0, 0.05) is 0 Å². The third-order valence-electron chi connectivity index (χ3n) is 8.14. The minimum atomic E-state index is 0.219. The van der Waals surface area contributed by atoms with Gasteiger partial charge in [0.25, 0.3) is 0 Å². The van der Waals surface area contributed by atoms with Crippen molar-refractivity contribution in [2.24, 2.45) is 22.7 Å². The molecule has 0 aromatic heterocycles. The van der Waals surface area contributed by atoms with E-state index in [1.165, 1.54) is 44.9 Å². The van der Waals surface area contributed by atoms with Gasteiger partial charge in [0.2, 0.25) is 0 Å². The third-order valence-corrected chi connectivity index (χ3v) is 8.14. The Bertz CT molecular complexity index is 502. The van der Waals surface area contributed by atoms with Gasteiger partial charge in [-0.05, 0) is 81.5 Å². The maximum atomic E-state index is 6.21. The molecule has 118 valence electrons. The Labute approximate surface area is 130 Å². The van der Waals surface area contributed by atoms with Crippen molar-refractivity contribution in [2.45, 2.75) is 91.3 Å². The van der Waals surface area contributed by atoms with Crippen LogP contribution < -0.4 is 0 Å². The Kier molecular flexibility index (Phi) is 2.83. The van der Waals surface area contributed by atoms with Crippen LogP contribution in [0.15, 0.2) is 11.1 Å². The molecule has 4 rings (SSSR count). The molecular weight excluding hydrogens is 256 g/mol. The fraction of sp³-hybridized carbons (Fsp3) is 0.900. The van der Waals surface area contributed by atoms with Crippen molar-refractivity contribution < 1.29 is 4.74 Å². The van der Waals surface area contributed by atoms with E-state index in [0.29, 0.717) is 16.9 Å². The summed E-state index contributed by atoms with van der Waals surface area (Å²) in [5.41, 5.74) is 4.67. The summed E-state index contributed by atoms with van der Waals surface area (Å²) in [6, 6.07) is 0. The van der Waals surface area contributed by atoms with Gasteiger partial charge in [0.05, 0.1) is 11.7 Å². The molecule has 1 heterocycles. The van der Waals surface area contributed by atoms with E-state index in [-0.39, 0.29) is 5.60 Å². The Balaban J connectivity index is 1.74. The van der Waals surface area contributed by atoms with E-state index >= 15 is 0 Å². The first-order valence-corrected chi connectivity index (χ1v) is 9.14. The molecule has 0 amide bonds. The zero-order valence-corrected chi connectivity index (χ0v) is 14.6. The molecule has 2 saturated carbocycles. The number of allylic oxidation sites excluding steroid dienone is 2. The first-order valence-electron chi connectivity index (χ1n) is 9.14. The molecule has 0 unspecified atom stereocenters. The highest BCUT2D eigenvalue weighted by Gasteiger charge is 2.65. The normalized spacial score (nSPS) is 51.6. The predicted molar refractivity (Wildman–Crippen MR) is 87.2 cm³/mol. The van der Waals surface area contributed by atoms with Crippen LogP contribution in [0.3, 0.4) is 0 Å². The van der Waals surface area contributed by atoms with Gasteiger partial charge in [-0.2, -0.15) is 0 Å². The summed E-state index contributed by atoms with van der Waals surface area (Å²) in [6.07, 6.45) is 10.1.